The normalized spacial score (nSPS) is 35.0. The molecule has 3 N–H and O–H groups in total. The topological polar surface area (TPSA) is 92.5 Å². The number of sulfone groups is 1. The fourth-order valence-electron chi connectivity index (χ4n) is 2.83. The van der Waals surface area contributed by atoms with Crippen molar-refractivity contribution in [2.24, 2.45) is 11.7 Å². The molecule has 0 spiro atoms. The number of nitrogens with zero attached hydrogens (tertiary/aromatic N) is 1. The molecule has 0 aliphatic carbocycles. The van der Waals surface area contributed by atoms with Crippen LogP contribution in [0.5, 0.6) is 0 Å². The molecule has 2 aliphatic rings. The van der Waals surface area contributed by atoms with Crippen LogP contribution in [0.1, 0.15) is 13.3 Å². The van der Waals surface area contributed by atoms with E-state index in [-0.39, 0.29) is 30.0 Å². The van der Waals surface area contributed by atoms with E-state index in [0.29, 0.717) is 5.92 Å². The summed E-state index contributed by atoms with van der Waals surface area (Å²) < 4.78 is 22.9. The molecule has 4 unspecified atom stereocenters. The second-order valence-corrected chi connectivity index (χ2v) is 8.62. The Kier molecular flexibility index (Phi) is 4.94. The molecule has 4 atom stereocenters. The molecular weight excluding hydrogens is 302 g/mol. The number of alkyl halides is 1. The van der Waals surface area contributed by atoms with Gasteiger partial charge in [-0.05, 0) is 25.8 Å². The minimum absolute atomic E-state index is 0.0595. The number of rotatable bonds is 4. The number of hydrogen-bond donors (Lipinski definition) is 2. The van der Waals surface area contributed by atoms with Crippen molar-refractivity contribution in [3.8, 4) is 0 Å². The molecular formula is C12H22ClN3O3S. The molecule has 2 heterocycles. The van der Waals surface area contributed by atoms with Crippen LogP contribution in [0.15, 0.2) is 0 Å². The third-order valence-electron chi connectivity index (χ3n) is 4.05. The number of nitrogens with two attached hydrogens (primary N) is 1. The predicted molar refractivity (Wildman–Crippen MR) is 78.4 cm³/mol. The highest BCUT2D eigenvalue weighted by molar-refractivity contribution is 7.91. The van der Waals surface area contributed by atoms with Crippen molar-refractivity contribution in [3.05, 3.63) is 0 Å². The van der Waals surface area contributed by atoms with E-state index >= 15 is 0 Å². The summed E-state index contributed by atoms with van der Waals surface area (Å²) in [5, 5.41) is 2.20. The zero-order valence-electron chi connectivity index (χ0n) is 11.6. The number of carbonyl (C=O) groups excluding carboxylic acids is 1. The molecule has 2 aliphatic heterocycles. The van der Waals surface area contributed by atoms with Crippen LogP contribution in [0.4, 0.5) is 0 Å². The molecule has 20 heavy (non-hydrogen) atoms. The Hall–Kier alpha value is -0.370. The van der Waals surface area contributed by atoms with E-state index in [4.69, 9.17) is 17.3 Å². The van der Waals surface area contributed by atoms with E-state index in [2.05, 4.69) is 10.2 Å². The minimum atomic E-state index is -3.11. The fourth-order valence-corrected chi connectivity index (χ4v) is 5.38. The van der Waals surface area contributed by atoms with Gasteiger partial charge >= 0.3 is 0 Å². The molecule has 0 aromatic rings. The monoisotopic (exact) mass is 323 g/mol. The standard InChI is InChI=1S/C12H22ClN3O3S/c1-8(14)9-2-3-16(4-9)5-12(17)15-11-7-20(18,19)6-10(11)13/h8-11H,2-7,14H2,1H3,(H,15,17). The van der Waals surface area contributed by atoms with Crippen molar-refractivity contribution in [1.29, 1.82) is 0 Å². The molecule has 116 valence electrons. The van der Waals surface area contributed by atoms with Crippen molar-refractivity contribution >= 4 is 27.3 Å². The highest BCUT2D eigenvalue weighted by Crippen LogP contribution is 2.19. The van der Waals surface area contributed by atoms with Crippen molar-refractivity contribution in [3.63, 3.8) is 0 Å². The number of hydrogen-bond acceptors (Lipinski definition) is 5. The summed E-state index contributed by atoms with van der Waals surface area (Å²) >= 11 is 5.96. The molecule has 0 radical (unpaired) electrons. The average Bonchev–Trinajstić information content (AvgIpc) is 2.84. The Labute approximate surface area is 124 Å². The second kappa shape index (κ2) is 6.17. The van der Waals surface area contributed by atoms with Crippen molar-refractivity contribution in [2.75, 3.05) is 31.1 Å². The van der Waals surface area contributed by atoms with Gasteiger partial charge in [-0.25, -0.2) is 8.42 Å². The summed E-state index contributed by atoms with van der Waals surface area (Å²) in [5.74, 6) is 0.143. The molecule has 2 saturated heterocycles. The van der Waals surface area contributed by atoms with Gasteiger partial charge < -0.3 is 11.1 Å². The highest BCUT2D eigenvalue weighted by atomic mass is 35.5. The Morgan fingerprint density at radius 1 is 1.50 bits per heavy atom. The number of likely N-dealkylation sites (tertiary alicyclic amines) is 1. The summed E-state index contributed by atoms with van der Waals surface area (Å²) in [5.41, 5.74) is 5.86. The maximum absolute atomic E-state index is 12.0. The van der Waals surface area contributed by atoms with E-state index < -0.39 is 21.3 Å². The lowest BCUT2D eigenvalue weighted by Crippen LogP contribution is -2.45. The largest absolute Gasteiger partial charge is 0.350 e. The maximum atomic E-state index is 12.0. The van der Waals surface area contributed by atoms with Crippen LogP contribution in [-0.2, 0) is 14.6 Å². The molecule has 0 aromatic heterocycles. The maximum Gasteiger partial charge on any atom is 0.234 e. The lowest BCUT2D eigenvalue weighted by molar-refractivity contribution is -0.122. The van der Waals surface area contributed by atoms with E-state index in [9.17, 15) is 13.2 Å². The van der Waals surface area contributed by atoms with Gasteiger partial charge in [0.1, 0.15) is 0 Å². The molecule has 6 nitrogen and oxygen atoms in total. The van der Waals surface area contributed by atoms with Crippen LogP contribution in [-0.4, -0.2) is 67.8 Å². The first kappa shape index (κ1) is 16.0. The summed E-state index contributed by atoms with van der Waals surface area (Å²) in [6.45, 7) is 3.93. The highest BCUT2D eigenvalue weighted by Gasteiger charge is 2.37. The molecule has 1 amide bonds. The fraction of sp³-hybridized carbons (Fsp3) is 0.917. The Bertz CT molecular complexity index is 469. The van der Waals surface area contributed by atoms with Crippen LogP contribution >= 0.6 is 11.6 Å². The van der Waals surface area contributed by atoms with Crippen molar-refractivity contribution in [2.45, 2.75) is 30.8 Å². The van der Waals surface area contributed by atoms with Gasteiger partial charge in [0.25, 0.3) is 0 Å². The Morgan fingerprint density at radius 2 is 2.20 bits per heavy atom. The minimum Gasteiger partial charge on any atom is -0.350 e. The van der Waals surface area contributed by atoms with E-state index in [1.165, 1.54) is 0 Å². The molecule has 0 saturated carbocycles. The van der Waals surface area contributed by atoms with Crippen molar-refractivity contribution < 1.29 is 13.2 Å². The zero-order chi connectivity index (χ0) is 14.9. The summed E-state index contributed by atoms with van der Waals surface area (Å²) in [4.78, 5) is 14.0. The van der Waals surface area contributed by atoms with Gasteiger partial charge in [-0.2, -0.15) is 0 Å². The van der Waals surface area contributed by atoms with Gasteiger partial charge in [0.05, 0.1) is 29.5 Å². The average molecular weight is 324 g/mol. The number of amides is 1. The van der Waals surface area contributed by atoms with E-state index in [1.807, 2.05) is 6.92 Å². The number of carbonyl (C=O) groups is 1. The van der Waals surface area contributed by atoms with E-state index in [0.717, 1.165) is 19.5 Å². The lowest BCUT2D eigenvalue weighted by Gasteiger charge is -2.19. The summed E-state index contributed by atoms with van der Waals surface area (Å²) in [6.07, 6.45) is 1.00. The van der Waals surface area contributed by atoms with Gasteiger partial charge in [0, 0.05) is 12.6 Å². The first-order chi connectivity index (χ1) is 9.27. The molecule has 8 heteroatoms. The zero-order valence-corrected chi connectivity index (χ0v) is 13.2. The first-order valence-electron chi connectivity index (χ1n) is 6.88. The third-order valence-corrected chi connectivity index (χ3v) is 6.42. The Morgan fingerprint density at radius 3 is 2.70 bits per heavy atom. The first-order valence-corrected chi connectivity index (χ1v) is 9.14. The summed E-state index contributed by atoms with van der Waals surface area (Å²) in [6, 6.07) is -0.337. The van der Waals surface area contributed by atoms with Gasteiger partial charge in [0.15, 0.2) is 9.84 Å². The Balaban J connectivity index is 1.79. The predicted octanol–water partition coefficient (Wildman–Crippen LogP) is -0.824. The van der Waals surface area contributed by atoms with E-state index in [1.54, 1.807) is 0 Å². The quantitative estimate of drug-likeness (QED) is 0.659. The van der Waals surface area contributed by atoms with Crippen LogP contribution in [0.2, 0.25) is 0 Å². The third kappa shape index (κ3) is 4.07. The van der Waals surface area contributed by atoms with Gasteiger partial charge in [-0.3, -0.25) is 9.69 Å². The van der Waals surface area contributed by atoms with Crippen LogP contribution < -0.4 is 11.1 Å². The molecule has 2 rings (SSSR count). The van der Waals surface area contributed by atoms with Crippen molar-refractivity contribution in [1.82, 2.24) is 10.2 Å². The summed E-state index contributed by atoms with van der Waals surface area (Å²) in [7, 11) is -3.11. The smallest absolute Gasteiger partial charge is 0.234 e. The van der Waals surface area contributed by atoms with Crippen LogP contribution in [0.25, 0.3) is 0 Å². The lowest BCUT2D eigenvalue weighted by atomic mass is 10.0. The van der Waals surface area contributed by atoms with Crippen LogP contribution in [0.3, 0.4) is 0 Å². The molecule has 2 fully saturated rings. The second-order valence-electron chi connectivity index (χ2n) is 5.91. The number of nitrogens with one attached hydrogen (secondary N) is 1. The molecule has 0 aromatic carbocycles. The number of halogens is 1. The van der Waals surface area contributed by atoms with Gasteiger partial charge in [-0.15, -0.1) is 11.6 Å². The van der Waals surface area contributed by atoms with Gasteiger partial charge in [-0.1, -0.05) is 0 Å². The molecule has 0 bridgehead atoms. The SMILES string of the molecule is CC(N)C1CCN(CC(=O)NC2CS(=O)(=O)CC2Cl)C1. The van der Waals surface area contributed by atoms with Gasteiger partial charge in [0.2, 0.25) is 5.91 Å². The van der Waals surface area contributed by atoms with Crippen LogP contribution in [0, 0.1) is 5.92 Å².